The molecule has 3 rings (SSSR count). The average Bonchev–Trinajstić information content (AvgIpc) is 2.85. The molecule has 3 aromatic rings. The molecule has 0 spiro atoms. The zero-order valence-electron chi connectivity index (χ0n) is 20.7. The van der Waals surface area contributed by atoms with Crippen LogP contribution in [0.25, 0.3) is 22.3 Å². The van der Waals surface area contributed by atoms with Crippen molar-refractivity contribution < 1.29 is 33.0 Å². The fraction of sp³-hybridized carbons (Fsp3) is 0.100. The molecule has 0 aliphatic rings. The van der Waals surface area contributed by atoms with E-state index in [9.17, 15) is 18.8 Å². The van der Waals surface area contributed by atoms with Crippen LogP contribution in [0.5, 0.6) is 17.2 Å². The van der Waals surface area contributed by atoms with Gasteiger partial charge in [-0.3, -0.25) is 0 Å². The number of halogens is 1. The highest BCUT2D eigenvalue weighted by Crippen LogP contribution is 2.35. The largest absolute Gasteiger partial charge is 0.423 e. The summed E-state index contributed by atoms with van der Waals surface area (Å²) in [5, 5.41) is 0. The van der Waals surface area contributed by atoms with Crippen LogP contribution >= 0.6 is 0 Å². The van der Waals surface area contributed by atoms with E-state index in [4.69, 9.17) is 14.2 Å². The lowest BCUT2D eigenvalue weighted by Gasteiger charge is -2.13. The molecule has 0 amide bonds. The van der Waals surface area contributed by atoms with Gasteiger partial charge in [0.25, 0.3) is 0 Å². The van der Waals surface area contributed by atoms with Crippen molar-refractivity contribution in [3.63, 3.8) is 0 Å². The van der Waals surface area contributed by atoms with Gasteiger partial charge in [0, 0.05) is 28.3 Å². The maximum Gasteiger partial charge on any atom is 0.338 e. The minimum Gasteiger partial charge on any atom is -0.423 e. The highest BCUT2D eigenvalue weighted by Gasteiger charge is 2.17. The van der Waals surface area contributed by atoms with Crippen molar-refractivity contribution in [3.05, 3.63) is 103 Å². The van der Waals surface area contributed by atoms with Gasteiger partial charge < -0.3 is 14.2 Å². The van der Waals surface area contributed by atoms with Crippen LogP contribution in [-0.2, 0) is 14.4 Å². The van der Waals surface area contributed by atoms with Crippen molar-refractivity contribution in [2.75, 3.05) is 0 Å². The lowest BCUT2D eigenvalue weighted by atomic mass is 9.99. The first-order chi connectivity index (χ1) is 17.5. The zero-order valence-corrected chi connectivity index (χ0v) is 20.7. The summed E-state index contributed by atoms with van der Waals surface area (Å²) in [4.78, 5) is 35.8. The summed E-state index contributed by atoms with van der Waals surface area (Å²) in [6, 6.07) is 15.9. The molecule has 0 atom stereocenters. The Morgan fingerprint density at radius 2 is 1.08 bits per heavy atom. The smallest absolute Gasteiger partial charge is 0.338 e. The molecular formula is C30H25FO6. The fourth-order valence-corrected chi connectivity index (χ4v) is 3.06. The van der Waals surface area contributed by atoms with Crippen molar-refractivity contribution in [2.24, 2.45) is 0 Å². The van der Waals surface area contributed by atoms with E-state index in [0.717, 1.165) is 11.6 Å². The second-order valence-corrected chi connectivity index (χ2v) is 8.39. The highest BCUT2D eigenvalue weighted by molar-refractivity contribution is 5.91. The Morgan fingerprint density at radius 1 is 0.595 bits per heavy atom. The lowest BCUT2D eigenvalue weighted by molar-refractivity contribution is -0.132. The van der Waals surface area contributed by atoms with Crippen LogP contribution in [0.4, 0.5) is 4.39 Å². The van der Waals surface area contributed by atoms with Crippen molar-refractivity contribution >= 4 is 17.9 Å². The molecule has 0 aliphatic carbocycles. The normalized spacial score (nSPS) is 10.3. The predicted octanol–water partition coefficient (Wildman–Crippen LogP) is 6.60. The van der Waals surface area contributed by atoms with Crippen LogP contribution in [0.2, 0.25) is 0 Å². The first-order valence-corrected chi connectivity index (χ1v) is 11.1. The average molecular weight is 501 g/mol. The van der Waals surface area contributed by atoms with Crippen molar-refractivity contribution in [2.45, 2.75) is 20.8 Å². The Morgan fingerprint density at radius 3 is 1.62 bits per heavy atom. The van der Waals surface area contributed by atoms with Gasteiger partial charge in [-0.1, -0.05) is 50.1 Å². The molecule has 0 aliphatic heterocycles. The molecule has 0 N–H and O–H groups in total. The number of rotatable bonds is 8. The maximum atomic E-state index is 14.7. The second kappa shape index (κ2) is 11.3. The number of ether oxygens (including phenoxy) is 3. The predicted molar refractivity (Wildman–Crippen MR) is 139 cm³/mol. The molecule has 3 aromatic carbocycles. The first-order valence-electron chi connectivity index (χ1n) is 11.1. The lowest BCUT2D eigenvalue weighted by Crippen LogP contribution is -2.12. The summed E-state index contributed by atoms with van der Waals surface area (Å²) >= 11 is 0. The third kappa shape index (κ3) is 6.67. The van der Waals surface area contributed by atoms with Gasteiger partial charge in [-0.25, -0.2) is 18.8 Å². The Labute approximate surface area is 214 Å². The van der Waals surface area contributed by atoms with E-state index in [2.05, 4.69) is 19.7 Å². The molecule has 6 nitrogen and oxygen atoms in total. The molecule has 0 saturated carbocycles. The monoisotopic (exact) mass is 500 g/mol. The summed E-state index contributed by atoms with van der Waals surface area (Å²) < 4.78 is 30.5. The Bertz CT molecular complexity index is 1430. The number of hydrogen-bond acceptors (Lipinski definition) is 6. The van der Waals surface area contributed by atoms with Crippen LogP contribution in [-0.4, -0.2) is 17.9 Å². The summed E-state index contributed by atoms with van der Waals surface area (Å²) in [6.07, 6.45) is 0. The molecule has 188 valence electrons. The van der Waals surface area contributed by atoms with Gasteiger partial charge in [-0.05, 0) is 61.7 Å². The Kier molecular flexibility index (Phi) is 8.19. The van der Waals surface area contributed by atoms with E-state index in [1.54, 1.807) is 36.4 Å². The van der Waals surface area contributed by atoms with Crippen LogP contribution in [0, 0.1) is 5.82 Å². The first kappa shape index (κ1) is 26.8. The molecule has 0 unspecified atom stereocenters. The van der Waals surface area contributed by atoms with E-state index in [1.165, 1.54) is 39.0 Å². The minimum atomic E-state index is -0.673. The van der Waals surface area contributed by atoms with Gasteiger partial charge in [0.2, 0.25) is 0 Å². The minimum absolute atomic E-state index is 0.0371. The molecule has 0 heterocycles. The van der Waals surface area contributed by atoms with Crippen molar-refractivity contribution in [1.29, 1.82) is 0 Å². The Balaban J connectivity index is 1.90. The van der Waals surface area contributed by atoms with E-state index < -0.39 is 23.7 Å². The molecule has 7 heteroatoms. The van der Waals surface area contributed by atoms with Gasteiger partial charge in [0.15, 0.2) is 11.5 Å². The number of carbonyl (C=O) groups excluding carboxylic acids is 3. The SMILES string of the molecule is C=C(C)C(=O)Oc1ccc(-c2ccc(-c3ccc(OC(=O)C(=C)C)c(OC(=O)C(=C)C)c3)cc2)c(F)c1. The molecule has 0 radical (unpaired) electrons. The van der Waals surface area contributed by atoms with Gasteiger partial charge in [-0.15, -0.1) is 0 Å². The second-order valence-electron chi connectivity index (χ2n) is 8.39. The highest BCUT2D eigenvalue weighted by atomic mass is 19.1. The molecular weight excluding hydrogens is 475 g/mol. The standard InChI is InChI=1S/C30H25FO6/c1-17(2)28(32)35-23-12-13-24(25(31)16-23)21-9-7-20(8-10-21)22-11-14-26(36-29(33)18(3)4)27(15-22)37-30(34)19(5)6/h7-16H,1,3,5H2,2,4,6H3. The molecule has 0 aromatic heterocycles. The summed E-state index contributed by atoms with van der Waals surface area (Å²) in [6.45, 7) is 15.1. The number of carbonyl (C=O) groups is 3. The van der Waals surface area contributed by atoms with E-state index in [-0.39, 0.29) is 34.0 Å². The Hall–Kier alpha value is -4.78. The summed E-state index contributed by atoms with van der Waals surface area (Å²) in [7, 11) is 0. The molecule has 37 heavy (non-hydrogen) atoms. The van der Waals surface area contributed by atoms with Crippen LogP contribution in [0.3, 0.4) is 0 Å². The third-order valence-corrected chi connectivity index (χ3v) is 5.07. The van der Waals surface area contributed by atoms with Gasteiger partial charge in [0.1, 0.15) is 11.6 Å². The number of esters is 3. The van der Waals surface area contributed by atoms with Crippen molar-refractivity contribution in [1.82, 2.24) is 0 Å². The molecule has 0 fully saturated rings. The fourth-order valence-electron chi connectivity index (χ4n) is 3.06. The van der Waals surface area contributed by atoms with E-state index in [0.29, 0.717) is 16.7 Å². The van der Waals surface area contributed by atoms with Gasteiger partial charge >= 0.3 is 17.9 Å². The topological polar surface area (TPSA) is 78.9 Å². The van der Waals surface area contributed by atoms with Crippen LogP contribution in [0.15, 0.2) is 97.1 Å². The van der Waals surface area contributed by atoms with E-state index >= 15 is 0 Å². The summed E-state index contributed by atoms with van der Waals surface area (Å²) in [5.41, 5.74) is 2.88. The zero-order chi connectivity index (χ0) is 27.3. The third-order valence-electron chi connectivity index (χ3n) is 5.07. The van der Waals surface area contributed by atoms with Gasteiger partial charge in [0.05, 0.1) is 0 Å². The number of hydrogen-bond donors (Lipinski definition) is 0. The number of benzene rings is 3. The summed E-state index contributed by atoms with van der Waals surface area (Å²) in [5.74, 6) is -2.36. The molecule has 0 saturated heterocycles. The van der Waals surface area contributed by atoms with E-state index in [1.807, 2.05) is 0 Å². The van der Waals surface area contributed by atoms with Crippen LogP contribution in [0.1, 0.15) is 20.8 Å². The van der Waals surface area contributed by atoms with Gasteiger partial charge in [-0.2, -0.15) is 0 Å². The maximum absolute atomic E-state index is 14.7. The molecule has 0 bridgehead atoms. The van der Waals surface area contributed by atoms with Crippen LogP contribution < -0.4 is 14.2 Å². The quantitative estimate of drug-likeness (QED) is 0.197. The van der Waals surface area contributed by atoms with Crippen molar-refractivity contribution in [3.8, 4) is 39.5 Å².